The summed E-state index contributed by atoms with van der Waals surface area (Å²) in [5.74, 6) is -3.32. The van der Waals surface area contributed by atoms with E-state index in [0.29, 0.717) is 25.7 Å². The standard InChI is InChI=1S/C73H108O12/c1-4-7-10-13-16-19-22-25-28-31-33-36-38-41-44-47-50-53-56-59-65(74)81-62-64(83-66(75)60-57-54-51-48-45-42-40-37-34-32-29-26-23-20-17-14-11-8-5-2)63-82-73-71(69(78)68(77)70(85-73)72(79)80)84-67(76)61-58-55-52-49-46-43-39-35-30-27-24-21-18-15-12-9-6-3/h7-12,16-21,25-30,33-34,36-37,39,41-45,49,52,64,68-71,73,77-78H,4-6,13-15,22-24,31-32,35,38,40,46-48,50-51,53-63H2,1-3H3,(H,79,80)/b10-7-,11-8-,12-9-,19-16-,20-17-,21-18-,28-25-,29-26-,30-27-,36-33-,37-34-,43-39-,44-41-,45-42-,52-49-. The van der Waals surface area contributed by atoms with E-state index in [-0.39, 0.29) is 25.9 Å². The molecule has 1 aliphatic heterocycles. The average Bonchev–Trinajstić information content (AvgIpc) is 3.46. The summed E-state index contributed by atoms with van der Waals surface area (Å²) >= 11 is 0. The molecule has 85 heavy (non-hydrogen) atoms. The summed E-state index contributed by atoms with van der Waals surface area (Å²) in [7, 11) is 0. The molecule has 1 saturated heterocycles. The lowest BCUT2D eigenvalue weighted by atomic mass is 9.98. The predicted molar refractivity (Wildman–Crippen MR) is 348 cm³/mol. The zero-order valence-corrected chi connectivity index (χ0v) is 52.0. The molecular weight excluding hydrogens is 1070 g/mol. The van der Waals surface area contributed by atoms with Crippen LogP contribution in [0.5, 0.6) is 0 Å². The second-order valence-electron chi connectivity index (χ2n) is 20.5. The molecule has 0 aromatic heterocycles. The van der Waals surface area contributed by atoms with Crippen LogP contribution in [-0.2, 0) is 42.9 Å². The van der Waals surface area contributed by atoms with Crippen molar-refractivity contribution in [2.75, 3.05) is 13.2 Å². The summed E-state index contributed by atoms with van der Waals surface area (Å²) in [6, 6.07) is 0. The monoisotopic (exact) mass is 1180 g/mol. The second kappa shape index (κ2) is 58.2. The normalized spacial score (nSPS) is 18.7. The van der Waals surface area contributed by atoms with Gasteiger partial charge >= 0.3 is 23.9 Å². The van der Waals surface area contributed by atoms with Gasteiger partial charge in [0.05, 0.1) is 6.61 Å². The van der Waals surface area contributed by atoms with E-state index >= 15 is 0 Å². The molecule has 0 bridgehead atoms. The molecule has 1 heterocycles. The van der Waals surface area contributed by atoms with Gasteiger partial charge < -0.3 is 39.0 Å². The fourth-order valence-electron chi connectivity index (χ4n) is 8.22. The predicted octanol–water partition coefficient (Wildman–Crippen LogP) is 17.2. The van der Waals surface area contributed by atoms with Gasteiger partial charge in [-0.2, -0.15) is 0 Å². The van der Waals surface area contributed by atoms with Crippen LogP contribution in [0.4, 0.5) is 0 Å². The number of unbranched alkanes of at least 4 members (excludes halogenated alkanes) is 7. The van der Waals surface area contributed by atoms with Gasteiger partial charge in [-0.3, -0.25) is 14.4 Å². The van der Waals surface area contributed by atoms with Crippen molar-refractivity contribution in [2.45, 2.75) is 237 Å². The molecule has 0 aliphatic carbocycles. The molecule has 0 saturated carbocycles. The van der Waals surface area contributed by atoms with Crippen molar-refractivity contribution >= 4 is 23.9 Å². The molecule has 0 radical (unpaired) electrons. The number of carboxylic acid groups (broad SMARTS) is 1. The second-order valence-corrected chi connectivity index (χ2v) is 20.5. The molecule has 0 aromatic rings. The van der Waals surface area contributed by atoms with E-state index in [9.17, 15) is 34.5 Å². The number of carbonyl (C=O) groups is 4. The Bertz CT molecular complexity index is 2180. The maximum absolute atomic E-state index is 13.2. The van der Waals surface area contributed by atoms with Gasteiger partial charge in [0.1, 0.15) is 18.8 Å². The summed E-state index contributed by atoms with van der Waals surface area (Å²) in [4.78, 5) is 51.3. The fraction of sp³-hybridized carbons (Fsp3) is 0.534. The highest BCUT2D eigenvalue weighted by atomic mass is 16.7. The number of rotatable bonds is 51. The third-order valence-electron chi connectivity index (χ3n) is 13.0. The maximum atomic E-state index is 13.2. The zero-order valence-electron chi connectivity index (χ0n) is 52.0. The van der Waals surface area contributed by atoms with Crippen LogP contribution in [0.25, 0.3) is 0 Å². The van der Waals surface area contributed by atoms with Crippen molar-refractivity contribution in [3.05, 3.63) is 182 Å². The number of hydrogen-bond acceptors (Lipinski definition) is 11. The first-order chi connectivity index (χ1) is 41.6. The van der Waals surface area contributed by atoms with Gasteiger partial charge in [-0.25, -0.2) is 4.79 Å². The molecule has 12 heteroatoms. The van der Waals surface area contributed by atoms with Crippen molar-refractivity contribution in [3.8, 4) is 0 Å². The molecule has 6 unspecified atom stereocenters. The number of carbonyl (C=O) groups excluding carboxylic acids is 3. The Balaban J connectivity index is 2.78. The number of ether oxygens (including phenoxy) is 5. The first kappa shape index (κ1) is 76.8. The van der Waals surface area contributed by atoms with Gasteiger partial charge in [-0.05, 0) is 148 Å². The van der Waals surface area contributed by atoms with E-state index in [2.05, 4.69) is 191 Å². The van der Waals surface area contributed by atoms with Crippen LogP contribution in [0.3, 0.4) is 0 Å². The van der Waals surface area contributed by atoms with Crippen LogP contribution in [0.15, 0.2) is 182 Å². The van der Waals surface area contributed by atoms with E-state index in [0.717, 1.165) is 135 Å². The summed E-state index contributed by atoms with van der Waals surface area (Å²) < 4.78 is 28.4. The third-order valence-corrected chi connectivity index (χ3v) is 13.0. The number of esters is 3. The van der Waals surface area contributed by atoms with E-state index < -0.39 is 67.3 Å². The smallest absolute Gasteiger partial charge is 0.335 e. The van der Waals surface area contributed by atoms with Crippen LogP contribution >= 0.6 is 0 Å². The number of aliphatic hydroxyl groups excluding tert-OH is 2. The Morgan fingerprint density at radius 3 is 1.08 bits per heavy atom. The van der Waals surface area contributed by atoms with Crippen LogP contribution < -0.4 is 0 Å². The topological polar surface area (TPSA) is 175 Å². The van der Waals surface area contributed by atoms with Gasteiger partial charge in [0, 0.05) is 19.3 Å². The molecule has 6 atom stereocenters. The lowest BCUT2D eigenvalue weighted by Crippen LogP contribution is -2.61. The Morgan fingerprint density at radius 2 is 0.718 bits per heavy atom. The van der Waals surface area contributed by atoms with Crippen LogP contribution in [0.1, 0.15) is 201 Å². The highest BCUT2D eigenvalue weighted by Gasteiger charge is 2.50. The van der Waals surface area contributed by atoms with Gasteiger partial charge in [0.2, 0.25) is 0 Å². The van der Waals surface area contributed by atoms with Crippen molar-refractivity contribution in [1.29, 1.82) is 0 Å². The van der Waals surface area contributed by atoms with Gasteiger partial charge in [-0.1, -0.05) is 216 Å². The first-order valence-electron chi connectivity index (χ1n) is 31.8. The fourth-order valence-corrected chi connectivity index (χ4v) is 8.22. The van der Waals surface area contributed by atoms with Crippen molar-refractivity contribution in [2.24, 2.45) is 0 Å². The number of aliphatic hydroxyl groups is 2. The minimum Gasteiger partial charge on any atom is -0.479 e. The van der Waals surface area contributed by atoms with Crippen molar-refractivity contribution < 1.29 is 58.2 Å². The van der Waals surface area contributed by atoms with Crippen LogP contribution in [0.2, 0.25) is 0 Å². The quantitative estimate of drug-likeness (QED) is 0.0228. The van der Waals surface area contributed by atoms with Gasteiger partial charge in [-0.15, -0.1) is 0 Å². The summed E-state index contributed by atoms with van der Waals surface area (Å²) in [5, 5.41) is 31.6. The van der Waals surface area contributed by atoms with Crippen molar-refractivity contribution in [1.82, 2.24) is 0 Å². The molecule has 0 spiro atoms. The van der Waals surface area contributed by atoms with Crippen LogP contribution in [0, 0.1) is 0 Å². The summed E-state index contributed by atoms with van der Waals surface area (Å²) in [6.07, 6.45) is 75.7. The lowest BCUT2D eigenvalue weighted by Gasteiger charge is -2.40. The third kappa shape index (κ3) is 47.7. The lowest BCUT2D eigenvalue weighted by molar-refractivity contribution is -0.301. The van der Waals surface area contributed by atoms with E-state index in [1.165, 1.54) is 0 Å². The highest BCUT2D eigenvalue weighted by molar-refractivity contribution is 5.74. The van der Waals surface area contributed by atoms with E-state index in [1.807, 2.05) is 12.2 Å². The largest absolute Gasteiger partial charge is 0.479 e. The number of carboxylic acids is 1. The number of aliphatic carboxylic acids is 1. The summed E-state index contributed by atoms with van der Waals surface area (Å²) in [5.41, 5.74) is 0. The Kier molecular flexibility index (Phi) is 52.6. The molecule has 3 N–H and O–H groups in total. The highest BCUT2D eigenvalue weighted by Crippen LogP contribution is 2.26. The molecule has 0 amide bonds. The molecule has 472 valence electrons. The molecule has 1 fully saturated rings. The average molecular weight is 1180 g/mol. The van der Waals surface area contributed by atoms with Crippen LogP contribution in [-0.4, -0.2) is 89.2 Å². The molecule has 1 rings (SSSR count). The Hall–Kier alpha value is -6.18. The number of allylic oxidation sites excluding steroid dienone is 30. The SMILES string of the molecule is CC/C=C\C/C=C\C/C=C\C/C=C\C/C=C\CCCCCC(=O)OCC(COC1OC(C(=O)O)C(O)C(O)C1OC(=O)CCC/C=C\C/C=C\C/C=C\C/C=C\C/C=C\CC)OC(=O)CCCCC/C=C\C/C=C\C/C=C\C/C=C\C/C=C\CC. The molecule has 0 aromatic carbocycles. The molecule has 12 nitrogen and oxygen atoms in total. The maximum Gasteiger partial charge on any atom is 0.335 e. The Morgan fingerprint density at radius 1 is 0.388 bits per heavy atom. The number of hydrogen-bond donors (Lipinski definition) is 3. The van der Waals surface area contributed by atoms with Gasteiger partial charge in [0.15, 0.2) is 24.6 Å². The molecular formula is C73H108O12. The Labute approximate surface area is 512 Å². The zero-order chi connectivity index (χ0) is 61.7. The first-order valence-corrected chi connectivity index (χ1v) is 31.8. The van der Waals surface area contributed by atoms with Crippen molar-refractivity contribution in [3.63, 3.8) is 0 Å². The van der Waals surface area contributed by atoms with E-state index in [4.69, 9.17) is 23.7 Å². The molecule has 1 aliphatic rings. The van der Waals surface area contributed by atoms with E-state index in [1.54, 1.807) is 0 Å². The minimum atomic E-state index is -1.95. The minimum absolute atomic E-state index is 0.0371. The van der Waals surface area contributed by atoms with Gasteiger partial charge in [0.25, 0.3) is 0 Å². The summed E-state index contributed by atoms with van der Waals surface area (Å²) in [6.45, 7) is 5.56.